The average Bonchev–Trinajstić information content (AvgIpc) is 2.51. The van der Waals surface area contributed by atoms with Gasteiger partial charge in [-0.25, -0.2) is 0 Å². The van der Waals surface area contributed by atoms with Crippen LogP contribution in [0.25, 0.3) is 0 Å². The molecule has 116 valence electrons. The highest BCUT2D eigenvalue weighted by Gasteiger charge is 2.15. The van der Waals surface area contributed by atoms with Crippen molar-refractivity contribution in [2.75, 3.05) is 6.61 Å². The SMILES string of the molecule is CC(C)(C)c1ccc(OCCCc2ccccc2)c(C=O)c1. The lowest BCUT2D eigenvalue weighted by Gasteiger charge is -2.20. The third kappa shape index (κ3) is 4.45. The lowest BCUT2D eigenvalue weighted by atomic mass is 9.86. The van der Waals surface area contributed by atoms with Crippen molar-refractivity contribution < 1.29 is 9.53 Å². The molecule has 0 radical (unpaired) electrons. The van der Waals surface area contributed by atoms with Gasteiger partial charge in [0.15, 0.2) is 6.29 Å². The van der Waals surface area contributed by atoms with Gasteiger partial charge in [-0.1, -0.05) is 57.2 Å². The number of benzene rings is 2. The van der Waals surface area contributed by atoms with Crippen molar-refractivity contribution in [2.24, 2.45) is 0 Å². The molecule has 0 heterocycles. The van der Waals surface area contributed by atoms with Gasteiger partial charge in [0.25, 0.3) is 0 Å². The predicted molar refractivity (Wildman–Crippen MR) is 90.8 cm³/mol. The van der Waals surface area contributed by atoms with Crippen molar-refractivity contribution in [1.82, 2.24) is 0 Å². The first-order valence-electron chi connectivity index (χ1n) is 7.77. The van der Waals surface area contributed by atoms with Crippen molar-refractivity contribution in [3.63, 3.8) is 0 Å². The van der Waals surface area contributed by atoms with Gasteiger partial charge in [-0.05, 0) is 41.5 Å². The van der Waals surface area contributed by atoms with E-state index < -0.39 is 0 Å². The maximum Gasteiger partial charge on any atom is 0.153 e. The smallest absolute Gasteiger partial charge is 0.153 e. The molecule has 0 unspecified atom stereocenters. The third-order valence-corrected chi connectivity index (χ3v) is 3.71. The fourth-order valence-corrected chi connectivity index (χ4v) is 2.34. The number of carbonyl (C=O) groups excluding carboxylic acids is 1. The summed E-state index contributed by atoms with van der Waals surface area (Å²) >= 11 is 0. The molecule has 0 spiro atoms. The van der Waals surface area contributed by atoms with E-state index in [2.05, 4.69) is 32.9 Å². The molecule has 0 aromatic heterocycles. The molecule has 0 aliphatic carbocycles. The molecule has 22 heavy (non-hydrogen) atoms. The number of aryl methyl sites for hydroxylation is 1. The number of aldehydes is 1. The zero-order valence-electron chi connectivity index (χ0n) is 13.6. The predicted octanol–water partition coefficient (Wildman–Crippen LogP) is 4.81. The minimum Gasteiger partial charge on any atom is -0.493 e. The summed E-state index contributed by atoms with van der Waals surface area (Å²) in [6.45, 7) is 7.02. The van der Waals surface area contributed by atoms with Gasteiger partial charge in [0, 0.05) is 0 Å². The van der Waals surface area contributed by atoms with Gasteiger partial charge in [-0.3, -0.25) is 4.79 Å². The van der Waals surface area contributed by atoms with E-state index in [1.807, 2.05) is 36.4 Å². The zero-order valence-corrected chi connectivity index (χ0v) is 13.6. The van der Waals surface area contributed by atoms with Crippen LogP contribution >= 0.6 is 0 Å². The number of hydrogen-bond acceptors (Lipinski definition) is 2. The van der Waals surface area contributed by atoms with Crippen LogP contribution < -0.4 is 4.74 Å². The first-order valence-corrected chi connectivity index (χ1v) is 7.77. The summed E-state index contributed by atoms with van der Waals surface area (Å²) in [4.78, 5) is 11.3. The van der Waals surface area contributed by atoms with E-state index >= 15 is 0 Å². The second-order valence-corrected chi connectivity index (χ2v) is 6.56. The Morgan fingerprint density at radius 3 is 2.41 bits per heavy atom. The Kier molecular flexibility index (Phi) is 5.37. The second kappa shape index (κ2) is 7.26. The maximum atomic E-state index is 11.3. The average molecular weight is 296 g/mol. The Hall–Kier alpha value is -2.09. The van der Waals surface area contributed by atoms with Gasteiger partial charge in [-0.15, -0.1) is 0 Å². The van der Waals surface area contributed by atoms with Crippen molar-refractivity contribution in [2.45, 2.75) is 39.0 Å². The normalized spacial score (nSPS) is 11.2. The summed E-state index contributed by atoms with van der Waals surface area (Å²) in [7, 11) is 0. The summed E-state index contributed by atoms with van der Waals surface area (Å²) in [5.41, 5.74) is 3.12. The molecule has 0 atom stereocenters. The van der Waals surface area contributed by atoms with Gasteiger partial charge in [0.1, 0.15) is 5.75 Å². The summed E-state index contributed by atoms with van der Waals surface area (Å²) in [5, 5.41) is 0. The van der Waals surface area contributed by atoms with Crippen molar-refractivity contribution in [3.05, 3.63) is 65.2 Å². The molecule has 0 N–H and O–H groups in total. The maximum absolute atomic E-state index is 11.3. The Morgan fingerprint density at radius 1 is 1.05 bits per heavy atom. The fraction of sp³-hybridized carbons (Fsp3) is 0.350. The van der Waals surface area contributed by atoms with Crippen LogP contribution in [-0.2, 0) is 11.8 Å². The van der Waals surface area contributed by atoms with E-state index in [1.54, 1.807) is 0 Å². The highest BCUT2D eigenvalue weighted by Crippen LogP contribution is 2.27. The van der Waals surface area contributed by atoms with Gasteiger partial charge < -0.3 is 4.74 Å². The van der Waals surface area contributed by atoms with Crippen LogP contribution in [0.15, 0.2) is 48.5 Å². The molecule has 0 saturated heterocycles. The van der Waals surface area contributed by atoms with Crippen LogP contribution in [0, 0.1) is 0 Å². The molecule has 0 aliphatic heterocycles. The molecule has 0 amide bonds. The van der Waals surface area contributed by atoms with Crippen LogP contribution in [0.5, 0.6) is 5.75 Å². The van der Waals surface area contributed by atoms with Gasteiger partial charge >= 0.3 is 0 Å². The van der Waals surface area contributed by atoms with E-state index in [4.69, 9.17) is 4.74 Å². The molecule has 0 aliphatic rings. The number of rotatable bonds is 6. The quantitative estimate of drug-likeness (QED) is 0.565. The fourth-order valence-electron chi connectivity index (χ4n) is 2.34. The van der Waals surface area contributed by atoms with Crippen LogP contribution in [0.1, 0.15) is 48.7 Å². The molecular weight excluding hydrogens is 272 g/mol. The van der Waals surface area contributed by atoms with E-state index in [-0.39, 0.29) is 5.41 Å². The van der Waals surface area contributed by atoms with Gasteiger partial charge in [0.05, 0.1) is 12.2 Å². The van der Waals surface area contributed by atoms with Crippen LogP contribution in [0.2, 0.25) is 0 Å². The monoisotopic (exact) mass is 296 g/mol. The van der Waals surface area contributed by atoms with Gasteiger partial charge in [-0.2, -0.15) is 0 Å². The van der Waals surface area contributed by atoms with Gasteiger partial charge in [0.2, 0.25) is 0 Å². The Bertz CT molecular complexity index is 609. The third-order valence-electron chi connectivity index (χ3n) is 3.71. The minimum atomic E-state index is 0.0313. The van der Waals surface area contributed by atoms with Crippen molar-refractivity contribution in [1.29, 1.82) is 0 Å². The minimum absolute atomic E-state index is 0.0313. The highest BCUT2D eigenvalue weighted by atomic mass is 16.5. The number of hydrogen-bond donors (Lipinski definition) is 0. The Labute approximate surface area is 133 Å². The Balaban J connectivity index is 1.94. The highest BCUT2D eigenvalue weighted by molar-refractivity contribution is 5.79. The van der Waals surface area contributed by atoms with E-state index in [9.17, 15) is 4.79 Å². The molecule has 0 saturated carbocycles. The molecule has 2 nitrogen and oxygen atoms in total. The van der Waals surface area contributed by atoms with E-state index in [0.29, 0.717) is 17.9 Å². The molecule has 2 aromatic rings. The molecule has 0 bridgehead atoms. The molecule has 2 aromatic carbocycles. The van der Waals surface area contributed by atoms with Crippen LogP contribution in [-0.4, -0.2) is 12.9 Å². The van der Waals surface area contributed by atoms with Crippen LogP contribution in [0.4, 0.5) is 0 Å². The molecule has 2 rings (SSSR count). The number of ether oxygens (including phenoxy) is 1. The summed E-state index contributed by atoms with van der Waals surface area (Å²) in [6, 6.07) is 16.2. The summed E-state index contributed by atoms with van der Waals surface area (Å²) in [5.74, 6) is 0.677. The summed E-state index contributed by atoms with van der Waals surface area (Å²) < 4.78 is 5.79. The second-order valence-electron chi connectivity index (χ2n) is 6.56. The lowest BCUT2D eigenvalue weighted by Crippen LogP contribution is -2.12. The Morgan fingerprint density at radius 2 is 1.77 bits per heavy atom. The molecule has 2 heteroatoms. The topological polar surface area (TPSA) is 26.3 Å². The van der Waals surface area contributed by atoms with Crippen molar-refractivity contribution >= 4 is 6.29 Å². The summed E-state index contributed by atoms with van der Waals surface area (Å²) in [6.07, 6.45) is 2.79. The molecular formula is C20H24O2. The van der Waals surface area contributed by atoms with Crippen LogP contribution in [0.3, 0.4) is 0 Å². The van der Waals surface area contributed by atoms with Crippen molar-refractivity contribution in [3.8, 4) is 5.75 Å². The van der Waals surface area contributed by atoms with E-state index in [1.165, 1.54) is 5.56 Å². The largest absolute Gasteiger partial charge is 0.493 e. The standard InChI is InChI=1S/C20H24O2/c1-20(2,3)18-11-12-19(17(14-18)15-21)22-13-7-10-16-8-5-4-6-9-16/h4-6,8-9,11-12,14-15H,7,10,13H2,1-3H3. The first kappa shape index (κ1) is 16.3. The lowest BCUT2D eigenvalue weighted by molar-refractivity contribution is 0.111. The first-order chi connectivity index (χ1) is 10.5. The zero-order chi connectivity index (χ0) is 16.0. The van der Waals surface area contributed by atoms with E-state index in [0.717, 1.165) is 24.7 Å². The molecule has 0 fully saturated rings. The number of carbonyl (C=O) groups is 1.